The molecule has 2 aromatic rings. The molecule has 0 aliphatic carbocycles. The van der Waals surface area contributed by atoms with Gasteiger partial charge in [0, 0.05) is 24.8 Å². The Morgan fingerprint density at radius 2 is 1.76 bits per heavy atom. The van der Waals surface area contributed by atoms with E-state index in [1.54, 1.807) is 31.4 Å². The summed E-state index contributed by atoms with van der Waals surface area (Å²) >= 11 is 5.30. The molecule has 2 aromatic carbocycles. The largest absolute Gasteiger partial charge is 0.497 e. The van der Waals surface area contributed by atoms with Gasteiger partial charge in [0.15, 0.2) is 5.11 Å². The number of hydrogen-bond acceptors (Lipinski definition) is 7. The lowest BCUT2D eigenvalue weighted by Crippen LogP contribution is -2.54. The lowest BCUT2D eigenvalue weighted by atomic mass is 10.0. The van der Waals surface area contributed by atoms with Gasteiger partial charge in [-0.3, -0.25) is 14.9 Å². The van der Waals surface area contributed by atoms with Crippen LogP contribution in [0.4, 0.5) is 11.4 Å². The van der Waals surface area contributed by atoms with Crippen LogP contribution in [0.5, 0.6) is 11.5 Å². The first-order chi connectivity index (χ1) is 15.9. The van der Waals surface area contributed by atoms with Crippen molar-refractivity contribution in [3.05, 3.63) is 53.1 Å². The minimum absolute atomic E-state index is 0.00976. The Bertz CT molecular complexity index is 1140. The summed E-state index contributed by atoms with van der Waals surface area (Å²) in [5, 5.41) is 2.60. The lowest BCUT2D eigenvalue weighted by Gasteiger charge is -2.30. The number of ether oxygens (including phenoxy) is 3. The maximum absolute atomic E-state index is 13.4. The topological polar surface area (TPSA) is 80.3 Å². The molecule has 0 saturated carbocycles. The van der Waals surface area contributed by atoms with Gasteiger partial charge in [-0.2, -0.15) is 0 Å². The number of nitrogens with zero attached hydrogens (tertiary/aromatic N) is 2. The van der Waals surface area contributed by atoms with Gasteiger partial charge >= 0.3 is 0 Å². The number of rotatable bonds is 5. The van der Waals surface area contributed by atoms with E-state index in [0.29, 0.717) is 30.4 Å². The van der Waals surface area contributed by atoms with Gasteiger partial charge in [-0.25, -0.2) is 4.90 Å². The van der Waals surface area contributed by atoms with Gasteiger partial charge in [0.05, 0.1) is 33.1 Å². The van der Waals surface area contributed by atoms with Crippen LogP contribution in [0.25, 0.3) is 6.08 Å². The molecule has 0 bridgehead atoms. The van der Waals surface area contributed by atoms with Crippen LogP contribution in [0.2, 0.25) is 0 Å². The highest BCUT2D eigenvalue weighted by Crippen LogP contribution is 2.34. The summed E-state index contributed by atoms with van der Waals surface area (Å²) in [6.07, 6.45) is 1.58. The second kappa shape index (κ2) is 9.60. The fourth-order valence-corrected chi connectivity index (χ4v) is 4.21. The molecule has 0 atom stereocenters. The van der Waals surface area contributed by atoms with Crippen LogP contribution in [0.1, 0.15) is 11.1 Å². The van der Waals surface area contributed by atoms with Crippen molar-refractivity contribution in [3.8, 4) is 11.5 Å². The summed E-state index contributed by atoms with van der Waals surface area (Å²) in [5.41, 5.74) is 3.32. The quantitative estimate of drug-likeness (QED) is 0.411. The summed E-state index contributed by atoms with van der Waals surface area (Å²) < 4.78 is 16.1. The normalized spacial score (nSPS) is 17.9. The zero-order valence-electron chi connectivity index (χ0n) is 18.7. The number of benzene rings is 2. The van der Waals surface area contributed by atoms with E-state index < -0.39 is 11.8 Å². The summed E-state index contributed by atoms with van der Waals surface area (Å²) in [5.74, 6) is -0.0985. The highest BCUT2D eigenvalue weighted by Gasteiger charge is 2.36. The van der Waals surface area contributed by atoms with Crippen LogP contribution in [0.3, 0.4) is 0 Å². The molecule has 2 aliphatic heterocycles. The second-order valence-corrected chi connectivity index (χ2v) is 8.03. The van der Waals surface area contributed by atoms with Crippen molar-refractivity contribution in [3.63, 3.8) is 0 Å². The standard InChI is InChI=1S/C24H25N3O5S/c1-15-12-16(4-6-19(15)26-8-10-32-11-9-26)13-18-22(28)25-24(33)27(23(18)29)20-7-5-17(30-2)14-21(20)31-3/h4-7,12-14H,8-11H2,1-3H3,(H,25,28,33)/b18-13+. The van der Waals surface area contributed by atoms with Gasteiger partial charge < -0.3 is 19.1 Å². The van der Waals surface area contributed by atoms with E-state index in [9.17, 15) is 9.59 Å². The van der Waals surface area contributed by atoms with Crippen LogP contribution in [0, 0.1) is 6.92 Å². The zero-order chi connectivity index (χ0) is 23.5. The van der Waals surface area contributed by atoms with Gasteiger partial charge in [-0.05, 0) is 60.6 Å². The molecule has 4 rings (SSSR count). The second-order valence-electron chi connectivity index (χ2n) is 7.64. The summed E-state index contributed by atoms with van der Waals surface area (Å²) in [7, 11) is 3.03. The van der Waals surface area contributed by atoms with Gasteiger partial charge in [0.2, 0.25) is 0 Å². The number of morpholine rings is 1. The minimum Gasteiger partial charge on any atom is -0.497 e. The number of hydrogen-bond donors (Lipinski definition) is 1. The van der Waals surface area contributed by atoms with Gasteiger partial charge in [-0.1, -0.05) is 6.07 Å². The Morgan fingerprint density at radius 1 is 1.03 bits per heavy atom. The first-order valence-electron chi connectivity index (χ1n) is 10.5. The molecule has 0 spiro atoms. The number of carbonyl (C=O) groups is 2. The van der Waals surface area contributed by atoms with Crippen LogP contribution in [0.15, 0.2) is 42.0 Å². The maximum atomic E-state index is 13.4. The van der Waals surface area contributed by atoms with Crippen LogP contribution in [-0.4, -0.2) is 57.4 Å². The van der Waals surface area contributed by atoms with E-state index in [2.05, 4.69) is 10.2 Å². The summed E-state index contributed by atoms with van der Waals surface area (Å²) in [4.78, 5) is 29.6. The molecule has 9 heteroatoms. The predicted molar refractivity (Wildman–Crippen MR) is 130 cm³/mol. The number of carbonyl (C=O) groups excluding carboxylic acids is 2. The van der Waals surface area contributed by atoms with Crippen molar-refractivity contribution in [2.24, 2.45) is 0 Å². The molecule has 0 unspecified atom stereocenters. The number of thiocarbonyl (C=S) groups is 1. The number of aryl methyl sites for hydroxylation is 1. The zero-order valence-corrected chi connectivity index (χ0v) is 19.5. The van der Waals surface area contributed by atoms with Crippen LogP contribution >= 0.6 is 12.2 Å². The van der Waals surface area contributed by atoms with Crippen molar-refractivity contribution < 1.29 is 23.8 Å². The van der Waals surface area contributed by atoms with E-state index >= 15 is 0 Å². The first-order valence-corrected chi connectivity index (χ1v) is 10.9. The number of amides is 2. The lowest BCUT2D eigenvalue weighted by molar-refractivity contribution is -0.122. The highest BCUT2D eigenvalue weighted by molar-refractivity contribution is 7.80. The Hall–Kier alpha value is -3.43. The molecular formula is C24H25N3O5S. The van der Waals surface area contributed by atoms with E-state index in [1.807, 2.05) is 25.1 Å². The van der Waals surface area contributed by atoms with Crippen LogP contribution < -0.4 is 24.6 Å². The molecule has 1 N–H and O–H groups in total. The van der Waals surface area contributed by atoms with Gasteiger partial charge in [0.1, 0.15) is 17.1 Å². The van der Waals surface area contributed by atoms with E-state index in [4.69, 9.17) is 26.4 Å². The highest BCUT2D eigenvalue weighted by atomic mass is 32.1. The Kier molecular flexibility index (Phi) is 6.62. The number of nitrogens with one attached hydrogen (secondary N) is 1. The number of anilines is 2. The van der Waals surface area contributed by atoms with E-state index in [-0.39, 0.29) is 10.7 Å². The Morgan fingerprint density at radius 3 is 2.42 bits per heavy atom. The molecule has 8 nitrogen and oxygen atoms in total. The fourth-order valence-electron chi connectivity index (χ4n) is 3.94. The fraction of sp³-hybridized carbons (Fsp3) is 0.292. The third-order valence-electron chi connectivity index (χ3n) is 5.61. The Balaban J connectivity index is 1.66. The molecule has 33 heavy (non-hydrogen) atoms. The maximum Gasteiger partial charge on any atom is 0.270 e. The average molecular weight is 468 g/mol. The van der Waals surface area contributed by atoms with Crippen molar-refractivity contribution >= 4 is 46.6 Å². The molecule has 2 aliphatic rings. The van der Waals surface area contributed by atoms with Crippen molar-refractivity contribution in [2.75, 3.05) is 50.3 Å². The predicted octanol–water partition coefficient (Wildman–Crippen LogP) is 2.68. The third kappa shape index (κ3) is 4.55. The van der Waals surface area contributed by atoms with E-state index in [0.717, 1.165) is 29.9 Å². The molecule has 0 aromatic heterocycles. The van der Waals surface area contributed by atoms with Crippen molar-refractivity contribution in [1.82, 2.24) is 5.32 Å². The van der Waals surface area contributed by atoms with Crippen molar-refractivity contribution in [2.45, 2.75) is 6.92 Å². The third-order valence-corrected chi connectivity index (χ3v) is 5.90. The Labute approximate surface area is 197 Å². The molecule has 2 saturated heterocycles. The molecular weight excluding hydrogens is 442 g/mol. The molecule has 0 radical (unpaired) electrons. The van der Waals surface area contributed by atoms with Crippen molar-refractivity contribution in [1.29, 1.82) is 0 Å². The van der Waals surface area contributed by atoms with E-state index in [1.165, 1.54) is 12.0 Å². The number of methoxy groups -OCH3 is 2. The smallest absolute Gasteiger partial charge is 0.270 e. The molecule has 2 fully saturated rings. The minimum atomic E-state index is -0.538. The monoisotopic (exact) mass is 467 g/mol. The molecule has 2 amide bonds. The van der Waals surface area contributed by atoms with Gasteiger partial charge in [-0.15, -0.1) is 0 Å². The van der Waals surface area contributed by atoms with Gasteiger partial charge in [0.25, 0.3) is 11.8 Å². The summed E-state index contributed by atoms with van der Waals surface area (Å²) in [6, 6.07) is 10.9. The molecule has 172 valence electrons. The molecule has 2 heterocycles. The summed E-state index contributed by atoms with van der Waals surface area (Å²) in [6.45, 7) is 5.07. The SMILES string of the molecule is COc1ccc(N2C(=O)/C(=C/c3ccc(N4CCOCC4)c(C)c3)C(=O)NC2=S)c(OC)c1. The first kappa shape index (κ1) is 22.8. The average Bonchev–Trinajstić information content (AvgIpc) is 2.82. The van der Waals surface area contributed by atoms with Crippen LogP contribution in [-0.2, 0) is 14.3 Å².